The smallest absolute Gasteiger partial charge is 0.243 e. The molecule has 130 valence electrons. The molecule has 9 heteroatoms. The van der Waals surface area contributed by atoms with Crippen molar-refractivity contribution in [3.8, 4) is 0 Å². The first-order valence-electron chi connectivity index (χ1n) is 7.92. The van der Waals surface area contributed by atoms with Crippen molar-refractivity contribution in [1.82, 2.24) is 20.1 Å². The molecule has 2 saturated heterocycles. The molecule has 3 rings (SSSR count). The van der Waals surface area contributed by atoms with Crippen LogP contribution in [0.3, 0.4) is 0 Å². The zero-order valence-corrected chi connectivity index (χ0v) is 14.0. The summed E-state index contributed by atoms with van der Waals surface area (Å²) in [6, 6.07) is 2.85. The van der Waals surface area contributed by atoms with Gasteiger partial charge < -0.3 is 15.1 Å². The van der Waals surface area contributed by atoms with Gasteiger partial charge in [-0.25, -0.2) is 8.42 Å². The van der Waals surface area contributed by atoms with Gasteiger partial charge >= 0.3 is 0 Å². The number of nitrogens with zero attached hydrogens (tertiary/aromatic N) is 3. The molecule has 0 aromatic carbocycles. The van der Waals surface area contributed by atoms with Crippen LogP contribution in [0, 0.1) is 0 Å². The predicted octanol–water partition coefficient (Wildman–Crippen LogP) is -0.764. The highest BCUT2D eigenvalue weighted by Crippen LogP contribution is 2.20. The average Bonchev–Trinajstić information content (AvgIpc) is 3.00. The summed E-state index contributed by atoms with van der Waals surface area (Å²) >= 11 is 0. The Morgan fingerprint density at radius 3 is 2.71 bits per heavy atom. The fourth-order valence-corrected chi connectivity index (χ4v) is 4.76. The number of nitrogens with one attached hydrogen (secondary N) is 1. The van der Waals surface area contributed by atoms with Crippen LogP contribution in [-0.2, 0) is 19.4 Å². The number of amides is 2. The molecule has 2 amide bonds. The van der Waals surface area contributed by atoms with Crippen molar-refractivity contribution < 1.29 is 18.0 Å². The molecular formula is C15H20N4O4S. The zero-order valence-electron chi connectivity index (χ0n) is 13.2. The first kappa shape index (κ1) is 16.8. The van der Waals surface area contributed by atoms with Crippen molar-refractivity contribution in [3.63, 3.8) is 0 Å². The largest absolute Gasteiger partial charge is 0.333 e. The summed E-state index contributed by atoms with van der Waals surface area (Å²) in [6.45, 7) is 1.50. The third kappa shape index (κ3) is 3.27. The van der Waals surface area contributed by atoms with Crippen molar-refractivity contribution in [1.29, 1.82) is 0 Å². The van der Waals surface area contributed by atoms with Crippen LogP contribution < -0.4 is 5.32 Å². The van der Waals surface area contributed by atoms with E-state index in [-0.39, 0.29) is 29.8 Å². The first-order chi connectivity index (χ1) is 11.5. The van der Waals surface area contributed by atoms with Gasteiger partial charge in [0.1, 0.15) is 0 Å². The average molecular weight is 352 g/mol. The number of hydrogen-bond acceptors (Lipinski definition) is 6. The summed E-state index contributed by atoms with van der Waals surface area (Å²) in [5, 5.41) is 2.06. The van der Waals surface area contributed by atoms with Gasteiger partial charge in [-0.3, -0.25) is 14.6 Å². The van der Waals surface area contributed by atoms with Crippen LogP contribution in [0.5, 0.6) is 0 Å². The second-order valence-corrected chi connectivity index (χ2v) is 8.00. The monoisotopic (exact) mass is 352 g/mol. The number of rotatable bonds is 4. The Morgan fingerprint density at radius 2 is 2.04 bits per heavy atom. The summed E-state index contributed by atoms with van der Waals surface area (Å²) in [7, 11) is -3.70. The Balaban J connectivity index is 1.80. The minimum atomic E-state index is -3.70. The van der Waals surface area contributed by atoms with Crippen molar-refractivity contribution in [2.24, 2.45) is 0 Å². The Hall–Kier alpha value is -2.00. The molecule has 1 atom stereocenters. The molecule has 1 N–H and O–H groups in total. The summed E-state index contributed by atoms with van der Waals surface area (Å²) in [6.07, 6.45) is 4.02. The van der Waals surface area contributed by atoms with Crippen molar-refractivity contribution in [2.45, 2.75) is 23.1 Å². The maximum atomic E-state index is 12.9. The quantitative estimate of drug-likeness (QED) is 0.764. The Labute approximate surface area is 140 Å². The van der Waals surface area contributed by atoms with E-state index in [1.807, 2.05) is 0 Å². The lowest BCUT2D eigenvalue weighted by molar-refractivity contribution is -0.139. The van der Waals surface area contributed by atoms with Gasteiger partial charge in [0.15, 0.2) is 5.37 Å². The molecule has 3 heterocycles. The van der Waals surface area contributed by atoms with Gasteiger partial charge in [0.2, 0.25) is 21.7 Å². The number of likely N-dealkylation sites (tertiary alicyclic amines) is 1. The second-order valence-electron chi connectivity index (χ2n) is 5.89. The summed E-state index contributed by atoms with van der Waals surface area (Å²) in [5.41, 5.74) is 0. The molecule has 2 aliphatic heterocycles. The number of piperazine rings is 1. The minimum Gasteiger partial charge on any atom is -0.333 e. The lowest BCUT2D eigenvalue weighted by atomic mass is 10.3. The van der Waals surface area contributed by atoms with E-state index in [1.165, 1.54) is 34.3 Å². The number of pyridine rings is 1. The molecule has 0 saturated carbocycles. The van der Waals surface area contributed by atoms with Crippen LogP contribution >= 0.6 is 0 Å². The van der Waals surface area contributed by atoms with Gasteiger partial charge in [-0.05, 0) is 18.6 Å². The fraction of sp³-hybridized carbons (Fsp3) is 0.533. The van der Waals surface area contributed by atoms with E-state index in [9.17, 15) is 18.0 Å². The molecule has 2 fully saturated rings. The summed E-state index contributed by atoms with van der Waals surface area (Å²) < 4.78 is 25.7. The zero-order chi connectivity index (χ0) is 17.2. The van der Waals surface area contributed by atoms with Crippen LogP contribution in [0.25, 0.3) is 0 Å². The number of carbonyl (C=O) groups excluding carboxylic acids is 2. The van der Waals surface area contributed by atoms with Crippen molar-refractivity contribution in [2.75, 3.05) is 32.7 Å². The third-order valence-corrected chi connectivity index (χ3v) is 6.42. The van der Waals surface area contributed by atoms with Crippen molar-refractivity contribution in [3.05, 3.63) is 24.5 Å². The minimum absolute atomic E-state index is 0.0491. The Morgan fingerprint density at radius 1 is 1.29 bits per heavy atom. The highest BCUT2D eigenvalue weighted by atomic mass is 32.2. The summed E-state index contributed by atoms with van der Waals surface area (Å²) in [4.78, 5) is 31.2. The normalized spacial score (nSPS) is 22.0. The number of carbonyl (C=O) groups is 2. The van der Waals surface area contributed by atoms with E-state index in [0.717, 1.165) is 6.42 Å². The molecule has 0 bridgehead atoms. The molecule has 24 heavy (non-hydrogen) atoms. The molecule has 2 aliphatic rings. The van der Waals surface area contributed by atoms with Gasteiger partial charge in [-0.1, -0.05) is 0 Å². The maximum Gasteiger partial charge on any atom is 0.243 e. The number of aromatic nitrogens is 1. The van der Waals surface area contributed by atoms with E-state index in [4.69, 9.17) is 0 Å². The van der Waals surface area contributed by atoms with Crippen LogP contribution in [0.1, 0.15) is 12.8 Å². The second kappa shape index (κ2) is 6.86. The first-order valence-corrected chi connectivity index (χ1v) is 9.46. The molecule has 1 aromatic heterocycles. The van der Waals surface area contributed by atoms with E-state index >= 15 is 0 Å². The molecule has 1 unspecified atom stereocenters. The molecule has 0 aliphatic carbocycles. The molecule has 0 radical (unpaired) electrons. The van der Waals surface area contributed by atoms with E-state index in [0.29, 0.717) is 26.1 Å². The highest BCUT2D eigenvalue weighted by Gasteiger charge is 2.38. The van der Waals surface area contributed by atoms with Gasteiger partial charge in [-0.15, -0.1) is 0 Å². The fourth-order valence-electron chi connectivity index (χ4n) is 3.05. The molecule has 1 aromatic rings. The SMILES string of the molecule is O=C1CCCN1CC(=O)N1CCNCC1S(=O)(=O)c1ccncc1. The van der Waals surface area contributed by atoms with Crippen LogP contribution in [0.15, 0.2) is 29.4 Å². The maximum absolute atomic E-state index is 12.9. The Kier molecular flexibility index (Phi) is 4.81. The van der Waals surface area contributed by atoms with E-state index in [2.05, 4.69) is 10.3 Å². The predicted molar refractivity (Wildman–Crippen MR) is 85.6 cm³/mol. The standard InChI is InChI=1S/C15H20N4O4S/c20-13-2-1-8-18(13)11-14(21)19-9-7-17-10-15(19)24(22,23)12-3-5-16-6-4-12/h3-6,15,17H,1-2,7-11H2. The highest BCUT2D eigenvalue weighted by molar-refractivity contribution is 7.92. The van der Waals surface area contributed by atoms with Gasteiger partial charge in [-0.2, -0.15) is 0 Å². The van der Waals surface area contributed by atoms with E-state index in [1.54, 1.807) is 0 Å². The lowest BCUT2D eigenvalue weighted by Gasteiger charge is -2.36. The topological polar surface area (TPSA) is 99.7 Å². The Bertz CT molecular complexity index is 722. The van der Waals surface area contributed by atoms with Gasteiger partial charge in [0.05, 0.1) is 11.4 Å². The molecular weight excluding hydrogens is 332 g/mol. The third-order valence-electron chi connectivity index (χ3n) is 4.35. The summed E-state index contributed by atoms with van der Waals surface area (Å²) in [5.74, 6) is -0.374. The van der Waals surface area contributed by atoms with E-state index < -0.39 is 15.2 Å². The van der Waals surface area contributed by atoms with Crippen molar-refractivity contribution >= 4 is 21.7 Å². The molecule has 8 nitrogen and oxygen atoms in total. The van der Waals surface area contributed by atoms with Gasteiger partial charge in [0.25, 0.3) is 0 Å². The van der Waals surface area contributed by atoms with Gasteiger partial charge in [0, 0.05) is 45.0 Å². The molecule has 0 spiro atoms. The van der Waals surface area contributed by atoms with Crippen LogP contribution in [0.4, 0.5) is 0 Å². The van der Waals surface area contributed by atoms with Crippen LogP contribution in [-0.4, -0.2) is 73.1 Å². The lowest BCUT2D eigenvalue weighted by Crippen LogP contribution is -2.58. The number of hydrogen-bond donors (Lipinski definition) is 1. The number of sulfone groups is 1. The van der Waals surface area contributed by atoms with Crippen LogP contribution in [0.2, 0.25) is 0 Å².